The molecule has 0 saturated heterocycles. The van der Waals surface area contributed by atoms with E-state index < -0.39 is 28.9 Å². The van der Waals surface area contributed by atoms with Gasteiger partial charge >= 0.3 is 11.9 Å². The molecule has 2 atom stereocenters. The molecule has 0 amide bonds. The van der Waals surface area contributed by atoms with E-state index in [1.54, 1.807) is 6.92 Å². The predicted molar refractivity (Wildman–Crippen MR) is 46.5 cm³/mol. The summed E-state index contributed by atoms with van der Waals surface area (Å²) in [7, 11) is 0. The monoisotopic (exact) mass is 202 g/mol. The zero-order valence-electron chi connectivity index (χ0n) is 8.40. The number of carboxylic acids is 1. The van der Waals surface area contributed by atoms with Crippen LogP contribution in [0.4, 0.5) is 0 Å². The fraction of sp³-hybridized carbons (Fsp3) is 0.778. The van der Waals surface area contributed by atoms with Crippen LogP contribution in [0.5, 0.6) is 0 Å². The maximum atomic E-state index is 11.3. The first-order valence-electron chi connectivity index (χ1n) is 4.42. The van der Waals surface area contributed by atoms with Gasteiger partial charge in [-0.05, 0) is 6.92 Å². The number of ether oxygens (including phenoxy) is 1. The van der Waals surface area contributed by atoms with Gasteiger partial charge < -0.3 is 14.9 Å². The van der Waals surface area contributed by atoms with Gasteiger partial charge in [-0.1, -0.05) is 13.8 Å². The Balaban J connectivity index is 2.85. The first-order valence-corrected chi connectivity index (χ1v) is 4.42. The molecule has 2 N–H and O–H groups in total. The van der Waals surface area contributed by atoms with Crippen LogP contribution in [0.25, 0.3) is 0 Å². The van der Waals surface area contributed by atoms with Gasteiger partial charge in [-0.15, -0.1) is 0 Å². The van der Waals surface area contributed by atoms with Crippen LogP contribution in [0.3, 0.4) is 0 Å². The van der Waals surface area contributed by atoms with E-state index in [2.05, 4.69) is 4.74 Å². The van der Waals surface area contributed by atoms with Crippen molar-refractivity contribution in [3.05, 3.63) is 0 Å². The van der Waals surface area contributed by atoms with Crippen molar-refractivity contribution in [2.75, 3.05) is 6.61 Å². The van der Waals surface area contributed by atoms with Crippen molar-refractivity contribution in [2.45, 2.75) is 26.4 Å². The molecule has 14 heavy (non-hydrogen) atoms. The van der Waals surface area contributed by atoms with Crippen molar-refractivity contribution >= 4 is 11.9 Å². The third-order valence-electron chi connectivity index (χ3n) is 2.89. The predicted octanol–water partition coefficient (Wildman–Crippen LogP) is 0.0212. The maximum absolute atomic E-state index is 11.3. The molecule has 1 rings (SSSR count). The Morgan fingerprint density at radius 1 is 1.43 bits per heavy atom. The summed E-state index contributed by atoms with van der Waals surface area (Å²) < 4.78 is 4.68. The molecule has 0 aromatic rings. The van der Waals surface area contributed by atoms with Crippen LogP contribution in [0.15, 0.2) is 0 Å². The number of hydrogen-bond acceptors (Lipinski definition) is 4. The molecule has 1 aliphatic rings. The summed E-state index contributed by atoms with van der Waals surface area (Å²) in [6.45, 7) is 4.87. The normalized spacial score (nSPS) is 33.6. The first kappa shape index (κ1) is 11.0. The van der Waals surface area contributed by atoms with E-state index >= 15 is 0 Å². The molecule has 0 radical (unpaired) electrons. The standard InChI is InChI=1S/C9H14O5/c1-4-14-6(10)5-8(2,3)9(5,13)7(11)12/h5,13H,4H2,1-3H3,(H,11,12). The molecule has 1 saturated carbocycles. The summed E-state index contributed by atoms with van der Waals surface area (Å²) in [5.74, 6) is -2.99. The minimum Gasteiger partial charge on any atom is -0.479 e. The number of aliphatic carboxylic acids is 1. The van der Waals surface area contributed by atoms with Gasteiger partial charge in [0.1, 0.15) is 5.92 Å². The lowest BCUT2D eigenvalue weighted by atomic mass is 10.1. The molecule has 80 valence electrons. The van der Waals surface area contributed by atoms with E-state index in [1.807, 2.05) is 0 Å². The van der Waals surface area contributed by atoms with Crippen molar-refractivity contribution in [2.24, 2.45) is 11.3 Å². The zero-order valence-corrected chi connectivity index (χ0v) is 8.40. The molecule has 0 aliphatic heterocycles. The molecule has 5 heteroatoms. The van der Waals surface area contributed by atoms with Crippen LogP contribution in [-0.4, -0.2) is 34.4 Å². The quantitative estimate of drug-likeness (QED) is 0.630. The Kier molecular flexibility index (Phi) is 2.31. The Hall–Kier alpha value is -1.10. The Bertz CT molecular complexity index is 283. The highest BCUT2D eigenvalue weighted by molar-refractivity contribution is 5.95. The second kappa shape index (κ2) is 2.95. The molecule has 1 fully saturated rings. The van der Waals surface area contributed by atoms with E-state index in [1.165, 1.54) is 13.8 Å². The average molecular weight is 202 g/mol. The van der Waals surface area contributed by atoms with Crippen molar-refractivity contribution in [3.63, 3.8) is 0 Å². The van der Waals surface area contributed by atoms with E-state index in [9.17, 15) is 14.7 Å². The van der Waals surface area contributed by atoms with Gasteiger partial charge in [0, 0.05) is 5.41 Å². The largest absolute Gasteiger partial charge is 0.479 e. The van der Waals surface area contributed by atoms with Crippen molar-refractivity contribution in [1.29, 1.82) is 0 Å². The third-order valence-corrected chi connectivity index (χ3v) is 2.89. The number of carbonyl (C=O) groups is 2. The van der Waals surface area contributed by atoms with Crippen LogP contribution in [-0.2, 0) is 14.3 Å². The van der Waals surface area contributed by atoms with Crippen LogP contribution in [0.1, 0.15) is 20.8 Å². The van der Waals surface area contributed by atoms with Gasteiger partial charge in [-0.2, -0.15) is 0 Å². The van der Waals surface area contributed by atoms with E-state index in [-0.39, 0.29) is 6.61 Å². The van der Waals surface area contributed by atoms with Crippen LogP contribution >= 0.6 is 0 Å². The summed E-state index contributed by atoms with van der Waals surface area (Å²) in [6, 6.07) is 0. The summed E-state index contributed by atoms with van der Waals surface area (Å²) in [5.41, 5.74) is -2.93. The molecular formula is C9H14O5. The van der Waals surface area contributed by atoms with Crippen molar-refractivity contribution in [1.82, 2.24) is 0 Å². The fourth-order valence-corrected chi connectivity index (χ4v) is 1.83. The molecule has 0 aromatic carbocycles. The molecule has 0 spiro atoms. The lowest BCUT2D eigenvalue weighted by Crippen LogP contribution is -2.29. The van der Waals surface area contributed by atoms with Crippen LogP contribution < -0.4 is 0 Å². The second-order valence-electron chi connectivity index (χ2n) is 3.98. The summed E-state index contributed by atoms with van der Waals surface area (Å²) in [6.07, 6.45) is 0. The summed E-state index contributed by atoms with van der Waals surface area (Å²) >= 11 is 0. The van der Waals surface area contributed by atoms with Gasteiger partial charge in [-0.25, -0.2) is 4.79 Å². The topological polar surface area (TPSA) is 83.8 Å². The van der Waals surface area contributed by atoms with Crippen LogP contribution in [0.2, 0.25) is 0 Å². The molecule has 2 unspecified atom stereocenters. The van der Waals surface area contributed by atoms with Gasteiger partial charge in [-0.3, -0.25) is 4.79 Å². The van der Waals surface area contributed by atoms with Gasteiger partial charge in [0.15, 0.2) is 5.60 Å². The second-order valence-corrected chi connectivity index (χ2v) is 3.98. The highest BCUT2D eigenvalue weighted by Crippen LogP contribution is 2.62. The Morgan fingerprint density at radius 3 is 2.21 bits per heavy atom. The van der Waals surface area contributed by atoms with Gasteiger partial charge in [0.05, 0.1) is 6.61 Å². The highest BCUT2D eigenvalue weighted by atomic mass is 16.5. The lowest BCUT2D eigenvalue weighted by Gasteiger charge is -2.05. The molecule has 0 bridgehead atoms. The minimum atomic E-state index is -1.97. The van der Waals surface area contributed by atoms with E-state index in [4.69, 9.17) is 5.11 Å². The van der Waals surface area contributed by atoms with Crippen molar-refractivity contribution in [3.8, 4) is 0 Å². The molecule has 0 aromatic heterocycles. The Morgan fingerprint density at radius 2 is 1.93 bits per heavy atom. The molecular weight excluding hydrogens is 188 g/mol. The number of esters is 1. The van der Waals surface area contributed by atoms with Crippen LogP contribution in [0, 0.1) is 11.3 Å². The summed E-state index contributed by atoms with van der Waals surface area (Å²) in [5, 5.41) is 18.5. The smallest absolute Gasteiger partial charge is 0.337 e. The molecule has 5 nitrogen and oxygen atoms in total. The Labute approximate surface area is 81.7 Å². The maximum Gasteiger partial charge on any atom is 0.337 e. The van der Waals surface area contributed by atoms with Gasteiger partial charge in [0.2, 0.25) is 0 Å². The third kappa shape index (κ3) is 1.12. The number of rotatable bonds is 3. The first-order chi connectivity index (χ1) is 6.30. The lowest BCUT2D eigenvalue weighted by molar-refractivity contribution is -0.157. The fourth-order valence-electron chi connectivity index (χ4n) is 1.83. The zero-order chi connectivity index (χ0) is 11.1. The SMILES string of the molecule is CCOC(=O)C1C(C)(C)C1(O)C(=O)O. The van der Waals surface area contributed by atoms with E-state index in [0.29, 0.717) is 0 Å². The summed E-state index contributed by atoms with van der Waals surface area (Å²) in [4.78, 5) is 22.1. The average Bonchev–Trinajstić information content (AvgIpc) is 2.48. The highest BCUT2D eigenvalue weighted by Gasteiger charge is 2.79. The minimum absolute atomic E-state index is 0.182. The van der Waals surface area contributed by atoms with Gasteiger partial charge in [0.25, 0.3) is 0 Å². The van der Waals surface area contributed by atoms with Crippen molar-refractivity contribution < 1.29 is 24.5 Å². The molecule has 0 heterocycles. The molecule has 1 aliphatic carbocycles. The number of carboxylic acid groups (broad SMARTS) is 1. The van der Waals surface area contributed by atoms with E-state index in [0.717, 1.165) is 0 Å². The number of carbonyl (C=O) groups excluding carboxylic acids is 1. The number of hydrogen-bond donors (Lipinski definition) is 2. The number of aliphatic hydroxyl groups is 1.